The second-order valence-corrected chi connectivity index (χ2v) is 8.95. The van der Waals surface area contributed by atoms with Crippen molar-refractivity contribution in [3.05, 3.63) is 46.2 Å². The summed E-state index contributed by atoms with van der Waals surface area (Å²) >= 11 is 1.45. The van der Waals surface area contributed by atoms with Gasteiger partial charge in [0.05, 0.1) is 10.5 Å². The van der Waals surface area contributed by atoms with Gasteiger partial charge in [0.25, 0.3) is 5.91 Å². The third-order valence-corrected chi connectivity index (χ3v) is 7.14. The van der Waals surface area contributed by atoms with Crippen molar-refractivity contribution in [3.8, 4) is 0 Å². The zero-order valence-corrected chi connectivity index (χ0v) is 15.8. The molecule has 25 heavy (non-hydrogen) atoms. The van der Waals surface area contributed by atoms with Crippen molar-refractivity contribution in [3.63, 3.8) is 0 Å². The number of hydrogen-bond donors (Lipinski definition) is 1. The van der Waals surface area contributed by atoms with E-state index in [1.807, 2.05) is 5.38 Å². The lowest BCUT2D eigenvalue weighted by Crippen LogP contribution is -2.32. The highest BCUT2D eigenvalue weighted by Crippen LogP contribution is 2.26. The number of carbonyl (C=O) groups is 1. The third-order valence-electron chi connectivity index (χ3n) is 4.41. The second-order valence-electron chi connectivity index (χ2n) is 6.26. The Balaban J connectivity index is 1.87. The first-order valence-corrected chi connectivity index (χ1v) is 10.8. The number of rotatable bonds is 4. The zero-order chi connectivity index (χ0) is 17.9. The lowest BCUT2D eigenvalue weighted by atomic mass is 10.2. The molecule has 1 saturated heterocycles. The van der Waals surface area contributed by atoms with Crippen LogP contribution >= 0.6 is 11.3 Å². The highest BCUT2D eigenvalue weighted by atomic mass is 32.2. The maximum atomic E-state index is 13.0. The van der Waals surface area contributed by atoms with Crippen LogP contribution in [0.25, 0.3) is 0 Å². The molecule has 0 bridgehead atoms. The number of aryl methyl sites for hydroxylation is 1. The van der Waals surface area contributed by atoms with Crippen LogP contribution in [0.5, 0.6) is 0 Å². The molecule has 1 aliphatic rings. The highest BCUT2D eigenvalue weighted by molar-refractivity contribution is 7.89. The number of anilines is 1. The number of nitrogens with zero attached hydrogens (tertiary/aromatic N) is 1. The van der Waals surface area contributed by atoms with Gasteiger partial charge in [-0.05, 0) is 48.9 Å². The van der Waals surface area contributed by atoms with E-state index in [-0.39, 0.29) is 10.8 Å². The van der Waals surface area contributed by atoms with Gasteiger partial charge in [-0.1, -0.05) is 18.9 Å². The Labute approximate surface area is 152 Å². The van der Waals surface area contributed by atoms with Crippen LogP contribution in [0.15, 0.2) is 39.9 Å². The largest absolute Gasteiger partial charge is 0.322 e. The van der Waals surface area contributed by atoms with E-state index in [2.05, 4.69) is 5.32 Å². The summed E-state index contributed by atoms with van der Waals surface area (Å²) in [5.41, 5.74) is 1.76. The van der Waals surface area contributed by atoms with Crippen LogP contribution in [0.1, 0.15) is 41.6 Å². The summed E-state index contributed by atoms with van der Waals surface area (Å²) in [4.78, 5) is 12.5. The number of carbonyl (C=O) groups excluding carboxylic acids is 1. The number of sulfonamides is 1. The van der Waals surface area contributed by atoms with Crippen LogP contribution in [0, 0.1) is 6.92 Å². The van der Waals surface area contributed by atoms with E-state index < -0.39 is 10.0 Å². The Kier molecular flexibility index (Phi) is 5.56. The minimum Gasteiger partial charge on any atom is -0.322 e. The van der Waals surface area contributed by atoms with E-state index in [0.29, 0.717) is 29.9 Å². The number of amides is 1. The van der Waals surface area contributed by atoms with Crippen LogP contribution < -0.4 is 5.32 Å². The molecule has 3 rings (SSSR count). The number of nitrogens with one attached hydrogen (secondary N) is 1. The van der Waals surface area contributed by atoms with E-state index >= 15 is 0 Å². The van der Waals surface area contributed by atoms with Crippen molar-refractivity contribution in [1.82, 2.24) is 4.31 Å². The Morgan fingerprint density at radius 2 is 1.84 bits per heavy atom. The minimum absolute atomic E-state index is 0.233. The minimum atomic E-state index is -3.54. The SMILES string of the molecule is Cc1ccc(NC(=O)c2ccsc2)cc1S(=O)(=O)N1CCCCCC1. The molecule has 1 fully saturated rings. The van der Waals surface area contributed by atoms with Crippen molar-refractivity contribution in [2.45, 2.75) is 37.5 Å². The number of hydrogen-bond acceptors (Lipinski definition) is 4. The molecule has 1 N–H and O–H groups in total. The predicted molar refractivity (Wildman–Crippen MR) is 101 cm³/mol. The predicted octanol–water partition coefficient (Wildman–Crippen LogP) is 3.87. The van der Waals surface area contributed by atoms with E-state index in [4.69, 9.17) is 0 Å². The quantitative estimate of drug-likeness (QED) is 0.878. The van der Waals surface area contributed by atoms with Gasteiger partial charge in [-0.25, -0.2) is 8.42 Å². The molecular formula is C18H22N2O3S2. The Bertz CT molecular complexity index is 837. The molecule has 0 radical (unpaired) electrons. The third kappa shape index (κ3) is 4.11. The second kappa shape index (κ2) is 7.68. The summed E-state index contributed by atoms with van der Waals surface area (Å²) in [7, 11) is -3.54. The van der Waals surface area contributed by atoms with Crippen molar-refractivity contribution in [2.75, 3.05) is 18.4 Å². The van der Waals surface area contributed by atoms with E-state index in [1.54, 1.807) is 40.9 Å². The average molecular weight is 379 g/mol. The Morgan fingerprint density at radius 1 is 1.12 bits per heavy atom. The van der Waals surface area contributed by atoms with E-state index in [1.165, 1.54) is 11.3 Å². The molecule has 2 heterocycles. The maximum absolute atomic E-state index is 13.0. The van der Waals surface area contributed by atoms with E-state index in [9.17, 15) is 13.2 Å². The smallest absolute Gasteiger partial charge is 0.256 e. The van der Waals surface area contributed by atoms with Gasteiger partial charge >= 0.3 is 0 Å². The summed E-state index contributed by atoms with van der Waals surface area (Å²) in [5, 5.41) is 6.38. The Morgan fingerprint density at radius 3 is 2.48 bits per heavy atom. The summed E-state index contributed by atoms with van der Waals surface area (Å²) in [6, 6.07) is 6.79. The number of thiophene rings is 1. The first-order valence-electron chi connectivity index (χ1n) is 8.43. The summed E-state index contributed by atoms with van der Waals surface area (Å²) < 4.78 is 27.7. The molecule has 1 amide bonds. The van der Waals surface area contributed by atoms with Crippen LogP contribution in [0.3, 0.4) is 0 Å². The molecule has 2 aromatic rings. The summed E-state index contributed by atoms with van der Waals surface area (Å²) in [6.07, 6.45) is 3.93. The maximum Gasteiger partial charge on any atom is 0.256 e. The molecule has 5 nitrogen and oxygen atoms in total. The molecule has 0 unspecified atom stereocenters. The molecule has 0 atom stereocenters. The first-order chi connectivity index (χ1) is 12.0. The molecule has 1 aromatic carbocycles. The Hall–Kier alpha value is -1.70. The molecule has 0 saturated carbocycles. The highest BCUT2D eigenvalue weighted by Gasteiger charge is 2.27. The fourth-order valence-corrected chi connectivity index (χ4v) is 5.38. The van der Waals surface area contributed by atoms with Crippen molar-refractivity contribution >= 4 is 33.0 Å². The monoisotopic (exact) mass is 378 g/mol. The van der Waals surface area contributed by atoms with Gasteiger partial charge in [0.1, 0.15) is 0 Å². The van der Waals surface area contributed by atoms with Gasteiger partial charge in [0, 0.05) is 24.2 Å². The van der Waals surface area contributed by atoms with Gasteiger partial charge in [-0.3, -0.25) is 4.79 Å². The van der Waals surface area contributed by atoms with Gasteiger partial charge in [0.2, 0.25) is 10.0 Å². The molecule has 7 heteroatoms. The van der Waals surface area contributed by atoms with Crippen LogP contribution in [-0.4, -0.2) is 31.7 Å². The first kappa shape index (κ1) is 18.1. The lowest BCUT2D eigenvalue weighted by molar-refractivity contribution is 0.102. The van der Waals surface area contributed by atoms with Gasteiger partial charge in [-0.2, -0.15) is 15.6 Å². The lowest BCUT2D eigenvalue weighted by Gasteiger charge is -2.21. The number of benzene rings is 1. The standard InChI is InChI=1S/C18H22N2O3S2/c1-14-6-7-16(19-18(21)15-8-11-24-13-15)12-17(14)25(22,23)20-9-4-2-3-5-10-20/h6-8,11-13H,2-5,9-10H2,1H3,(H,19,21). The van der Waals surface area contributed by atoms with Gasteiger partial charge in [-0.15, -0.1) is 0 Å². The van der Waals surface area contributed by atoms with Gasteiger partial charge < -0.3 is 5.32 Å². The summed E-state index contributed by atoms with van der Waals surface area (Å²) in [6.45, 7) is 2.91. The van der Waals surface area contributed by atoms with Crippen LogP contribution in [0.4, 0.5) is 5.69 Å². The summed E-state index contributed by atoms with van der Waals surface area (Å²) in [5.74, 6) is -0.233. The average Bonchev–Trinajstić information content (AvgIpc) is 2.98. The van der Waals surface area contributed by atoms with Crippen LogP contribution in [-0.2, 0) is 10.0 Å². The molecule has 1 aromatic heterocycles. The van der Waals surface area contributed by atoms with Gasteiger partial charge in [0.15, 0.2) is 0 Å². The molecular weight excluding hydrogens is 356 g/mol. The van der Waals surface area contributed by atoms with Crippen molar-refractivity contribution in [1.29, 1.82) is 0 Å². The molecule has 0 aliphatic carbocycles. The van der Waals surface area contributed by atoms with Crippen LogP contribution in [0.2, 0.25) is 0 Å². The molecule has 134 valence electrons. The molecule has 1 aliphatic heterocycles. The van der Waals surface area contributed by atoms with Crippen molar-refractivity contribution < 1.29 is 13.2 Å². The van der Waals surface area contributed by atoms with E-state index in [0.717, 1.165) is 25.7 Å². The normalized spacial score (nSPS) is 16.4. The van der Waals surface area contributed by atoms with Crippen molar-refractivity contribution in [2.24, 2.45) is 0 Å². The topological polar surface area (TPSA) is 66.5 Å². The fraction of sp³-hybridized carbons (Fsp3) is 0.389. The zero-order valence-electron chi connectivity index (χ0n) is 14.2. The molecule has 0 spiro atoms. The fourth-order valence-electron chi connectivity index (χ4n) is 2.97.